The van der Waals surface area contributed by atoms with E-state index in [1.54, 1.807) is 23.7 Å². The van der Waals surface area contributed by atoms with Gasteiger partial charge in [-0.2, -0.15) is 0 Å². The lowest BCUT2D eigenvalue weighted by Crippen LogP contribution is -2.35. The van der Waals surface area contributed by atoms with Crippen molar-refractivity contribution in [3.63, 3.8) is 0 Å². The summed E-state index contributed by atoms with van der Waals surface area (Å²) in [5, 5.41) is 4.67. The Labute approximate surface area is 156 Å². The SMILES string of the molecule is Cn1c(=O)cc(SCC(=O)NC2CCCCCC2)c2cc(Cl)ccc21. The minimum absolute atomic E-state index is 0.0350. The number of thioether (sulfide) groups is 1. The third-order valence-corrected chi connectivity index (χ3v) is 6.04. The largest absolute Gasteiger partial charge is 0.353 e. The van der Waals surface area contributed by atoms with E-state index in [0.717, 1.165) is 28.6 Å². The summed E-state index contributed by atoms with van der Waals surface area (Å²) < 4.78 is 1.60. The molecular formula is C19H23ClN2O2S. The van der Waals surface area contributed by atoms with Crippen LogP contribution in [0.4, 0.5) is 0 Å². The quantitative estimate of drug-likeness (QED) is 0.643. The second-order valence-corrected chi connectivity index (χ2v) is 8.07. The number of pyridine rings is 1. The molecule has 0 spiro atoms. The molecule has 6 heteroatoms. The molecule has 134 valence electrons. The summed E-state index contributed by atoms with van der Waals surface area (Å²) in [6.45, 7) is 0. The molecule has 25 heavy (non-hydrogen) atoms. The van der Waals surface area contributed by atoms with E-state index in [9.17, 15) is 9.59 Å². The first-order chi connectivity index (χ1) is 12.0. The maximum absolute atomic E-state index is 12.3. The number of amides is 1. The van der Waals surface area contributed by atoms with Crippen LogP contribution in [0.1, 0.15) is 38.5 Å². The Kier molecular flexibility index (Phi) is 6.07. The zero-order valence-electron chi connectivity index (χ0n) is 14.4. The van der Waals surface area contributed by atoms with Crippen molar-refractivity contribution in [2.45, 2.75) is 49.5 Å². The molecule has 3 rings (SSSR count). The van der Waals surface area contributed by atoms with E-state index in [-0.39, 0.29) is 11.5 Å². The summed E-state index contributed by atoms with van der Waals surface area (Å²) in [7, 11) is 1.74. The maximum atomic E-state index is 12.3. The molecule has 1 amide bonds. The van der Waals surface area contributed by atoms with E-state index in [1.165, 1.54) is 37.4 Å². The van der Waals surface area contributed by atoms with E-state index < -0.39 is 0 Å². The van der Waals surface area contributed by atoms with Crippen molar-refractivity contribution in [1.29, 1.82) is 0 Å². The molecule has 1 aliphatic rings. The second-order valence-electron chi connectivity index (χ2n) is 6.61. The molecule has 1 aliphatic carbocycles. The molecule has 1 N–H and O–H groups in total. The number of carbonyl (C=O) groups is 1. The molecule has 1 saturated carbocycles. The fraction of sp³-hybridized carbons (Fsp3) is 0.474. The Hall–Kier alpha value is -1.46. The minimum atomic E-state index is -0.0819. The van der Waals surface area contributed by atoms with Crippen LogP contribution in [0.15, 0.2) is 34.0 Å². The lowest BCUT2D eigenvalue weighted by molar-refractivity contribution is -0.119. The zero-order chi connectivity index (χ0) is 17.8. The highest BCUT2D eigenvalue weighted by Gasteiger charge is 2.15. The Morgan fingerprint density at radius 1 is 1.24 bits per heavy atom. The zero-order valence-corrected chi connectivity index (χ0v) is 16.0. The molecule has 0 radical (unpaired) electrons. The van der Waals surface area contributed by atoms with E-state index in [2.05, 4.69) is 5.32 Å². The van der Waals surface area contributed by atoms with Gasteiger partial charge in [0.15, 0.2) is 0 Å². The average molecular weight is 379 g/mol. The van der Waals surface area contributed by atoms with Crippen molar-refractivity contribution >= 4 is 40.2 Å². The molecule has 1 heterocycles. The predicted octanol–water partition coefficient (Wildman–Crippen LogP) is 4.12. The molecule has 2 aromatic rings. The molecule has 1 aromatic carbocycles. The van der Waals surface area contributed by atoms with Gasteiger partial charge in [0.1, 0.15) is 0 Å². The summed E-state index contributed by atoms with van der Waals surface area (Å²) in [4.78, 5) is 25.3. The monoisotopic (exact) mass is 378 g/mol. The number of aryl methyl sites for hydroxylation is 1. The molecule has 0 atom stereocenters. The van der Waals surface area contributed by atoms with E-state index in [0.29, 0.717) is 16.8 Å². The number of hydrogen-bond acceptors (Lipinski definition) is 3. The molecule has 1 fully saturated rings. The van der Waals surface area contributed by atoms with Crippen LogP contribution < -0.4 is 10.9 Å². The van der Waals surface area contributed by atoms with Gasteiger partial charge < -0.3 is 9.88 Å². The van der Waals surface area contributed by atoms with Crippen molar-refractivity contribution in [2.24, 2.45) is 7.05 Å². The molecule has 0 bridgehead atoms. The molecule has 0 aliphatic heterocycles. The number of hydrogen-bond donors (Lipinski definition) is 1. The van der Waals surface area contributed by atoms with Gasteiger partial charge in [0.25, 0.3) is 5.56 Å². The van der Waals surface area contributed by atoms with Crippen LogP contribution in [0.3, 0.4) is 0 Å². The highest BCUT2D eigenvalue weighted by Crippen LogP contribution is 2.28. The van der Waals surface area contributed by atoms with Gasteiger partial charge in [-0.25, -0.2) is 0 Å². The Morgan fingerprint density at radius 2 is 1.96 bits per heavy atom. The number of aromatic nitrogens is 1. The van der Waals surface area contributed by atoms with Crippen LogP contribution in [0, 0.1) is 0 Å². The first-order valence-corrected chi connectivity index (χ1v) is 10.1. The van der Waals surface area contributed by atoms with Crippen molar-refractivity contribution in [1.82, 2.24) is 9.88 Å². The number of carbonyl (C=O) groups excluding carboxylic acids is 1. The third kappa shape index (κ3) is 4.59. The van der Waals surface area contributed by atoms with Crippen LogP contribution in [0.2, 0.25) is 5.02 Å². The summed E-state index contributed by atoms with van der Waals surface area (Å²) in [5.41, 5.74) is 0.741. The minimum Gasteiger partial charge on any atom is -0.353 e. The predicted molar refractivity (Wildman–Crippen MR) is 105 cm³/mol. The van der Waals surface area contributed by atoms with Gasteiger partial charge in [-0.1, -0.05) is 37.3 Å². The van der Waals surface area contributed by atoms with Gasteiger partial charge in [0.05, 0.1) is 11.3 Å². The van der Waals surface area contributed by atoms with Crippen molar-refractivity contribution < 1.29 is 4.79 Å². The first-order valence-electron chi connectivity index (χ1n) is 8.76. The molecule has 0 saturated heterocycles. The lowest BCUT2D eigenvalue weighted by atomic mass is 10.1. The van der Waals surface area contributed by atoms with Crippen LogP contribution in [0.25, 0.3) is 10.9 Å². The van der Waals surface area contributed by atoms with Crippen molar-refractivity contribution in [3.8, 4) is 0 Å². The van der Waals surface area contributed by atoms with Gasteiger partial charge in [-0.05, 0) is 31.0 Å². The number of halogens is 1. The van der Waals surface area contributed by atoms with Crippen molar-refractivity contribution in [3.05, 3.63) is 39.6 Å². The first kappa shape index (κ1) is 18.3. The topological polar surface area (TPSA) is 51.1 Å². The summed E-state index contributed by atoms with van der Waals surface area (Å²) >= 11 is 7.51. The smallest absolute Gasteiger partial charge is 0.251 e. The third-order valence-electron chi connectivity index (χ3n) is 4.75. The summed E-state index contributed by atoms with van der Waals surface area (Å²) in [6, 6.07) is 7.35. The average Bonchev–Trinajstić information content (AvgIpc) is 2.85. The normalized spacial score (nSPS) is 15.9. The fourth-order valence-corrected chi connectivity index (χ4v) is 4.40. The van der Waals surface area contributed by atoms with E-state index >= 15 is 0 Å². The fourth-order valence-electron chi connectivity index (χ4n) is 3.36. The van der Waals surface area contributed by atoms with Gasteiger partial charge in [0, 0.05) is 34.5 Å². The van der Waals surface area contributed by atoms with Gasteiger partial charge in [0.2, 0.25) is 5.91 Å². The van der Waals surface area contributed by atoms with Gasteiger partial charge >= 0.3 is 0 Å². The maximum Gasteiger partial charge on any atom is 0.251 e. The highest BCUT2D eigenvalue weighted by atomic mass is 35.5. The standard InChI is InChI=1S/C19H23ClN2O2S/c1-22-16-9-8-13(20)10-15(16)17(11-19(22)24)25-12-18(23)21-14-6-4-2-3-5-7-14/h8-11,14H,2-7,12H2,1H3,(H,21,23). The summed E-state index contributed by atoms with van der Waals surface area (Å²) in [6.07, 6.45) is 7.05. The number of fused-ring (bicyclic) bond motifs is 1. The Bertz CT molecular complexity index is 826. The molecule has 1 aromatic heterocycles. The Balaban J connectivity index is 1.72. The van der Waals surface area contributed by atoms with E-state index in [4.69, 9.17) is 11.6 Å². The van der Waals surface area contributed by atoms with Crippen LogP contribution in [-0.2, 0) is 11.8 Å². The number of rotatable bonds is 4. The highest BCUT2D eigenvalue weighted by molar-refractivity contribution is 8.00. The molecule has 4 nitrogen and oxygen atoms in total. The van der Waals surface area contributed by atoms with Crippen LogP contribution in [-0.4, -0.2) is 22.3 Å². The van der Waals surface area contributed by atoms with Gasteiger partial charge in [-0.3, -0.25) is 9.59 Å². The second kappa shape index (κ2) is 8.28. The van der Waals surface area contributed by atoms with Crippen molar-refractivity contribution in [2.75, 3.05) is 5.75 Å². The Morgan fingerprint density at radius 3 is 2.68 bits per heavy atom. The van der Waals surface area contributed by atoms with Crippen LogP contribution in [0.5, 0.6) is 0 Å². The number of nitrogens with zero attached hydrogens (tertiary/aromatic N) is 1. The molecular weight excluding hydrogens is 356 g/mol. The number of benzene rings is 1. The van der Waals surface area contributed by atoms with Crippen LogP contribution >= 0.6 is 23.4 Å². The van der Waals surface area contributed by atoms with E-state index in [1.807, 2.05) is 12.1 Å². The van der Waals surface area contributed by atoms with Gasteiger partial charge in [-0.15, -0.1) is 11.8 Å². The number of nitrogens with one attached hydrogen (secondary N) is 1. The summed E-state index contributed by atoms with van der Waals surface area (Å²) in [5.74, 6) is 0.346. The molecule has 0 unspecified atom stereocenters. The lowest BCUT2D eigenvalue weighted by Gasteiger charge is -2.16.